The summed E-state index contributed by atoms with van der Waals surface area (Å²) in [7, 11) is 0. The van der Waals surface area contributed by atoms with E-state index >= 15 is 0 Å². The van der Waals surface area contributed by atoms with Crippen LogP contribution in [0.15, 0.2) is 48.5 Å². The maximum atomic E-state index is 11.9. The fourth-order valence-electron chi connectivity index (χ4n) is 3.16. The third-order valence-electron chi connectivity index (χ3n) is 4.51. The average Bonchev–Trinajstić information content (AvgIpc) is 2.60. The number of hydrogen-bond acceptors (Lipinski definition) is 2. The molecule has 1 aliphatic heterocycles. The van der Waals surface area contributed by atoms with E-state index in [-0.39, 0.29) is 18.9 Å². The lowest BCUT2D eigenvalue weighted by molar-refractivity contribution is -0.132. The van der Waals surface area contributed by atoms with Crippen molar-refractivity contribution in [3.63, 3.8) is 0 Å². The van der Waals surface area contributed by atoms with E-state index < -0.39 is 0 Å². The number of amides is 1. The molecule has 0 spiro atoms. The lowest BCUT2D eigenvalue weighted by Crippen LogP contribution is -2.36. The summed E-state index contributed by atoms with van der Waals surface area (Å²) in [6, 6.07) is 17.2. The third kappa shape index (κ3) is 3.99. The second kappa shape index (κ2) is 7.42. The van der Waals surface area contributed by atoms with Gasteiger partial charge in [0.25, 0.3) is 0 Å². The molecule has 0 saturated carbocycles. The standard InChI is InChI=1S/C20H23NO2/c22-13-11-20(23)21-12-10-18-14-17(8-9-19(18)15-21)7-6-16-4-2-1-3-5-16/h1-5,8-9,14,22H,6-7,10-13,15H2. The molecule has 3 rings (SSSR count). The van der Waals surface area contributed by atoms with Crippen LogP contribution >= 0.6 is 0 Å². The second-order valence-electron chi connectivity index (χ2n) is 6.13. The Labute approximate surface area is 137 Å². The molecule has 0 bridgehead atoms. The highest BCUT2D eigenvalue weighted by molar-refractivity contribution is 5.76. The SMILES string of the molecule is O=C(CCO)N1CCc2cc(CCc3ccccc3)ccc2C1. The smallest absolute Gasteiger partial charge is 0.225 e. The van der Waals surface area contributed by atoms with Crippen LogP contribution in [-0.4, -0.2) is 29.1 Å². The molecule has 0 unspecified atom stereocenters. The molecule has 3 nitrogen and oxygen atoms in total. The van der Waals surface area contributed by atoms with Gasteiger partial charge < -0.3 is 10.0 Å². The van der Waals surface area contributed by atoms with Crippen molar-refractivity contribution in [1.29, 1.82) is 0 Å². The van der Waals surface area contributed by atoms with Gasteiger partial charge in [-0.3, -0.25) is 4.79 Å². The first-order valence-corrected chi connectivity index (χ1v) is 8.29. The van der Waals surface area contributed by atoms with E-state index in [4.69, 9.17) is 5.11 Å². The number of aliphatic hydroxyl groups excluding tert-OH is 1. The fourth-order valence-corrected chi connectivity index (χ4v) is 3.16. The Morgan fingerprint density at radius 3 is 2.57 bits per heavy atom. The molecule has 120 valence electrons. The summed E-state index contributed by atoms with van der Waals surface area (Å²) >= 11 is 0. The molecule has 0 atom stereocenters. The van der Waals surface area contributed by atoms with E-state index in [0.29, 0.717) is 6.54 Å². The molecule has 23 heavy (non-hydrogen) atoms. The summed E-state index contributed by atoms with van der Waals surface area (Å²) < 4.78 is 0. The van der Waals surface area contributed by atoms with Gasteiger partial charge in [0.05, 0.1) is 6.61 Å². The molecule has 2 aromatic rings. The van der Waals surface area contributed by atoms with E-state index in [9.17, 15) is 4.79 Å². The number of nitrogens with zero attached hydrogens (tertiary/aromatic N) is 1. The number of carbonyl (C=O) groups excluding carboxylic acids is 1. The first-order chi connectivity index (χ1) is 11.3. The minimum absolute atomic E-state index is 0.0475. The number of fused-ring (bicyclic) bond motifs is 1. The zero-order valence-electron chi connectivity index (χ0n) is 13.4. The van der Waals surface area contributed by atoms with Crippen LogP contribution in [0.3, 0.4) is 0 Å². The minimum atomic E-state index is -0.0688. The van der Waals surface area contributed by atoms with Gasteiger partial charge in [-0.1, -0.05) is 48.5 Å². The summed E-state index contributed by atoms with van der Waals surface area (Å²) in [5.41, 5.74) is 5.34. The molecule has 0 aliphatic carbocycles. The first kappa shape index (κ1) is 15.8. The van der Waals surface area contributed by atoms with Crippen molar-refractivity contribution in [3.05, 3.63) is 70.8 Å². The van der Waals surface area contributed by atoms with Crippen LogP contribution < -0.4 is 0 Å². The van der Waals surface area contributed by atoms with Crippen molar-refractivity contribution in [2.24, 2.45) is 0 Å². The van der Waals surface area contributed by atoms with E-state index in [1.807, 2.05) is 11.0 Å². The number of hydrogen-bond donors (Lipinski definition) is 1. The van der Waals surface area contributed by atoms with Crippen molar-refractivity contribution in [3.8, 4) is 0 Å². The van der Waals surface area contributed by atoms with Crippen molar-refractivity contribution in [2.75, 3.05) is 13.2 Å². The highest BCUT2D eigenvalue weighted by Gasteiger charge is 2.20. The van der Waals surface area contributed by atoms with E-state index in [0.717, 1.165) is 25.8 Å². The Morgan fingerprint density at radius 2 is 1.78 bits per heavy atom. The van der Waals surface area contributed by atoms with Crippen LogP contribution in [0.5, 0.6) is 0 Å². The number of benzene rings is 2. The zero-order valence-corrected chi connectivity index (χ0v) is 13.4. The Morgan fingerprint density at radius 1 is 1.00 bits per heavy atom. The molecule has 0 radical (unpaired) electrons. The Kier molecular flexibility index (Phi) is 5.09. The highest BCUT2D eigenvalue weighted by atomic mass is 16.3. The summed E-state index contributed by atoms with van der Waals surface area (Å²) in [6.07, 6.45) is 3.24. The number of carbonyl (C=O) groups is 1. The largest absolute Gasteiger partial charge is 0.396 e. The van der Waals surface area contributed by atoms with Crippen LogP contribution in [0, 0.1) is 0 Å². The lowest BCUT2D eigenvalue weighted by atomic mass is 9.95. The molecule has 1 N–H and O–H groups in total. The summed E-state index contributed by atoms with van der Waals surface area (Å²) in [5, 5.41) is 8.90. The number of rotatable bonds is 5. The number of aryl methyl sites for hydroxylation is 2. The Hall–Kier alpha value is -2.13. The van der Waals surface area contributed by atoms with Gasteiger partial charge in [-0.05, 0) is 41.5 Å². The van der Waals surface area contributed by atoms with Gasteiger partial charge in [0.1, 0.15) is 0 Å². The van der Waals surface area contributed by atoms with Crippen molar-refractivity contribution in [1.82, 2.24) is 4.90 Å². The monoisotopic (exact) mass is 309 g/mol. The topological polar surface area (TPSA) is 40.5 Å². The van der Waals surface area contributed by atoms with Gasteiger partial charge in [0, 0.05) is 19.5 Å². The van der Waals surface area contributed by atoms with Crippen molar-refractivity contribution < 1.29 is 9.90 Å². The van der Waals surface area contributed by atoms with Gasteiger partial charge in [-0.25, -0.2) is 0 Å². The van der Waals surface area contributed by atoms with E-state index in [1.54, 1.807) is 0 Å². The van der Waals surface area contributed by atoms with Crippen LogP contribution in [0.4, 0.5) is 0 Å². The highest BCUT2D eigenvalue weighted by Crippen LogP contribution is 2.21. The first-order valence-electron chi connectivity index (χ1n) is 8.29. The Bertz CT molecular complexity index is 667. The molecular formula is C20H23NO2. The summed E-state index contributed by atoms with van der Waals surface area (Å²) in [6.45, 7) is 1.36. The molecule has 1 amide bonds. The molecule has 1 aliphatic rings. The van der Waals surface area contributed by atoms with E-state index in [1.165, 1.54) is 22.3 Å². The predicted octanol–water partition coefficient (Wildman–Crippen LogP) is 2.74. The molecule has 2 aromatic carbocycles. The molecule has 0 aromatic heterocycles. The van der Waals surface area contributed by atoms with Crippen LogP contribution in [0.25, 0.3) is 0 Å². The number of aliphatic hydroxyl groups is 1. The molecule has 1 heterocycles. The summed E-state index contributed by atoms with van der Waals surface area (Å²) in [4.78, 5) is 13.7. The lowest BCUT2D eigenvalue weighted by Gasteiger charge is -2.29. The summed E-state index contributed by atoms with van der Waals surface area (Å²) in [5.74, 6) is 0.0475. The second-order valence-corrected chi connectivity index (χ2v) is 6.13. The molecule has 0 saturated heterocycles. The van der Waals surface area contributed by atoms with Gasteiger partial charge >= 0.3 is 0 Å². The maximum Gasteiger partial charge on any atom is 0.225 e. The maximum absolute atomic E-state index is 11.9. The van der Waals surface area contributed by atoms with E-state index in [2.05, 4.69) is 42.5 Å². The Balaban J connectivity index is 1.63. The molecular weight excluding hydrogens is 286 g/mol. The van der Waals surface area contributed by atoms with Gasteiger partial charge in [0.2, 0.25) is 5.91 Å². The van der Waals surface area contributed by atoms with Gasteiger partial charge in [-0.15, -0.1) is 0 Å². The quantitative estimate of drug-likeness (QED) is 0.922. The van der Waals surface area contributed by atoms with Crippen LogP contribution in [-0.2, 0) is 30.6 Å². The molecule has 3 heteroatoms. The predicted molar refractivity (Wildman–Crippen MR) is 91.1 cm³/mol. The van der Waals surface area contributed by atoms with Crippen molar-refractivity contribution >= 4 is 5.91 Å². The molecule has 0 fully saturated rings. The van der Waals surface area contributed by atoms with Crippen LogP contribution in [0.1, 0.15) is 28.7 Å². The van der Waals surface area contributed by atoms with Gasteiger partial charge in [0.15, 0.2) is 0 Å². The fraction of sp³-hybridized carbons (Fsp3) is 0.350. The third-order valence-corrected chi connectivity index (χ3v) is 4.51. The normalized spacial score (nSPS) is 13.7. The average molecular weight is 309 g/mol. The van der Waals surface area contributed by atoms with Gasteiger partial charge in [-0.2, -0.15) is 0 Å². The zero-order chi connectivity index (χ0) is 16.1. The van der Waals surface area contributed by atoms with Crippen molar-refractivity contribution in [2.45, 2.75) is 32.2 Å². The minimum Gasteiger partial charge on any atom is -0.396 e. The van der Waals surface area contributed by atoms with Crippen LogP contribution in [0.2, 0.25) is 0 Å².